The lowest BCUT2D eigenvalue weighted by atomic mass is 10.1. The molecule has 0 aliphatic heterocycles. The standard InChI is InChI=1S/C10H12ClFN2O/c1-6(10(13)15)5-14-7-2-3-9(12)8(11)4-7/h2-4,6,14H,5H2,1H3,(H2,13,15). The predicted octanol–water partition coefficient (Wildman–Crippen LogP) is 2.01. The molecular formula is C10H12ClFN2O. The molecule has 1 unspecified atom stereocenters. The van der Waals surface area contributed by atoms with E-state index in [-0.39, 0.29) is 16.8 Å². The van der Waals surface area contributed by atoms with Gasteiger partial charge in [0.1, 0.15) is 5.82 Å². The molecule has 1 atom stereocenters. The van der Waals surface area contributed by atoms with Crippen molar-refractivity contribution in [2.24, 2.45) is 11.7 Å². The van der Waals surface area contributed by atoms with Gasteiger partial charge in [0.2, 0.25) is 5.91 Å². The first-order valence-electron chi connectivity index (χ1n) is 4.49. The zero-order chi connectivity index (χ0) is 11.4. The summed E-state index contributed by atoms with van der Waals surface area (Å²) >= 11 is 5.59. The zero-order valence-corrected chi connectivity index (χ0v) is 9.01. The van der Waals surface area contributed by atoms with Crippen LogP contribution in [0.2, 0.25) is 5.02 Å². The summed E-state index contributed by atoms with van der Waals surface area (Å²) in [5.74, 6) is -1.13. The summed E-state index contributed by atoms with van der Waals surface area (Å²) in [6.07, 6.45) is 0. The van der Waals surface area contributed by atoms with Crippen LogP contribution in [-0.4, -0.2) is 12.5 Å². The average molecular weight is 231 g/mol. The van der Waals surface area contributed by atoms with E-state index in [4.69, 9.17) is 17.3 Å². The Hall–Kier alpha value is -1.29. The Labute approximate surface area is 92.4 Å². The molecule has 0 saturated heterocycles. The Bertz CT molecular complexity index is 370. The third-order valence-electron chi connectivity index (χ3n) is 2.02. The quantitative estimate of drug-likeness (QED) is 0.832. The van der Waals surface area contributed by atoms with E-state index in [9.17, 15) is 9.18 Å². The molecular weight excluding hydrogens is 219 g/mol. The topological polar surface area (TPSA) is 55.1 Å². The van der Waals surface area contributed by atoms with Crippen LogP contribution in [0.3, 0.4) is 0 Å². The third-order valence-corrected chi connectivity index (χ3v) is 2.31. The van der Waals surface area contributed by atoms with Crippen LogP contribution in [0.1, 0.15) is 6.92 Å². The smallest absolute Gasteiger partial charge is 0.222 e. The molecule has 0 saturated carbocycles. The van der Waals surface area contributed by atoms with Crippen LogP contribution in [0.5, 0.6) is 0 Å². The van der Waals surface area contributed by atoms with Gasteiger partial charge in [-0.15, -0.1) is 0 Å². The van der Waals surface area contributed by atoms with E-state index in [2.05, 4.69) is 5.32 Å². The summed E-state index contributed by atoms with van der Waals surface area (Å²) in [7, 11) is 0. The van der Waals surface area contributed by atoms with E-state index >= 15 is 0 Å². The zero-order valence-electron chi connectivity index (χ0n) is 8.26. The molecule has 3 nitrogen and oxygen atoms in total. The first-order chi connectivity index (χ1) is 7.00. The van der Waals surface area contributed by atoms with Crippen molar-refractivity contribution in [3.8, 4) is 0 Å². The molecule has 0 aliphatic rings. The number of halogens is 2. The van der Waals surface area contributed by atoms with Gasteiger partial charge in [0, 0.05) is 12.2 Å². The van der Waals surface area contributed by atoms with Crippen LogP contribution < -0.4 is 11.1 Å². The third kappa shape index (κ3) is 3.40. The van der Waals surface area contributed by atoms with Gasteiger partial charge >= 0.3 is 0 Å². The van der Waals surface area contributed by atoms with Crippen molar-refractivity contribution in [3.63, 3.8) is 0 Å². The predicted molar refractivity (Wildman–Crippen MR) is 58.3 cm³/mol. The Morgan fingerprint density at radius 3 is 2.87 bits per heavy atom. The fourth-order valence-electron chi connectivity index (χ4n) is 0.978. The van der Waals surface area contributed by atoms with Crippen molar-refractivity contribution >= 4 is 23.2 Å². The molecule has 82 valence electrons. The molecule has 5 heteroatoms. The van der Waals surface area contributed by atoms with Gasteiger partial charge in [0.05, 0.1) is 10.9 Å². The SMILES string of the molecule is CC(CNc1ccc(F)c(Cl)c1)C(N)=O. The van der Waals surface area contributed by atoms with Crippen molar-refractivity contribution < 1.29 is 9.18 Å². The van der Waals surface area contributed by atoms with E-state index in [0.29, 0.717) is 12.2 Å². The molecule has 1 aromatic carbocycles. The average Bonchev–Trinajstić information content (AvgIpc) is 2.19. The van der Waals surface area contributed by atoms with Crippen molar-refractivity contribution in [2.45, 2.75) is 6.92 Å². The van der Waals surface area contributed by atoms with Crippen molar-refractivity contribution in [2.75, 3.05) is 11.9 Å². The number of carbonyl (C=O) groups excluding carboxylic acids is 1. The molecule has 1 amide bonds. The number of hydrogen-bond acceptors (Lipinski definition) is 2. The van der Waals surface area contributed by atoms with Gasteiger partial charge in [0.15, 0.2) is 0 Å². The largest absolute Gasteiger partial charge is 0.384 e. The molecule has 0 heterocycles. The van der Waals surface area contributed by atoms with Gasteiger partial charge in [-0.2, -0.15) is 0 Å². The van der Waals surface area contributed by atoms with E-state index in [1.165, 1.54) is 12.1 Å². The number of nitrogens with two attached hydrogens (primary N) is 1. The van der Waals surface area contributed by atoms with Crippen LogP contribution in [0.15, 0.2) is 18.2 Å². The highest BCUT2D eigenvalue weighted by molar-refractivity contribution is 6.31. The summed E-state index contributed by atoms with van der Waals surface area (Å²) in [6, 6.07) is 4.28. The van der Waals surface area contributed by atoms with Crippen LogP contribution in [-0.2, 0) is 4.79 Å². The van der Waals surface area contributed by atoms with E-state index in [1.807, 2.05) is 0 Å². The summed E-state index contributed by atoms with van der Waals surface area (Å²) < 4.78 is 12.8. The number of nitrogens with one attached hydrogen (secondary N) is 1. The molecule has 3 N–H and O–H groups in total. The number of benzene rings is 1. The molecule has 1 aromatic rings. The number of hydrogen-bond donors (Lipinski definition) is 2. The van der Waals surface area contributed by atoms with Gasteiger partial charge in [-0.1, -0.05) is 18.5 Å². The first-order valence-corrected chi connectivity index (χ1v) is 4.86. The molecule has 0 aromatic heterocycles. The lowest BCUT2D eigenvalue weighted by molar-refractivity contribution is -0.120. The van der Waals surface area contributed by atoms with Crippen molar-refractivity contribution in [1.29, 1.82) is 0 Å². The minimum absolute atomic E-state index is 0.0479. The fraction of sp³-hybridized carbons (Fsp3) is 0.300. The summed E-state index contributed by atoms with van der Waals surface area (Å²) in [4.78, 5) is 10.7. The lowest BCUT2D eigenvalue weighted by Crippen LogP contribution is -2.26. The van der Waals surface area contributed by atoms with E-state index in [1.54, 1.807) is 13.0 Å². The highest BCUT2D eigenvalue weighted by atomic mass is 35.5. The van der Waals surface area contributed by atoms with Gasteiger partial charge in [-0.25, -0.2) is 4.39 Å². The maximum absolute atomic E-state index is 12.8. The second-order valence-corrected chi connectivity index (χ2v) is 3.72. The minimum atomic E-state index is -0.467. The Balaban J connectivity index is 2.58. The van der Waals surface area contributed by atoms with E-state index in [0.717, 1.165) is 0 Å². The highest BCUT2D eigenvalue weighted by Crippen LogP contribution is 2.19. The number of anilines is 1. The maximum atomic E-state index is 12.8. The Kier molecular flexibility index (Phi) is 3.91. The normalized spacial score (nSPS) is 12.2. The van der Waals surface area contributed by atoms with Gasteiger partial charge < -0.3 is 11.1 Å². The highest BCUT2D eigenvalue weighted by Gasteiger charge is 2.08. The molecule has 0 radical (unpaired) electrons. The van der Waals surface area contributed by atoms with Crippen LogP contribution in [0, 0.1) is 11.7 Å². The molecule has 0 spiro atoms. The molecule has 15 heavy (non-hydrogen) atoms. The van der Waals surface area contributed by atoms with Crippen molar-refractivity contribution in [1.82, 2.24) is 0 Å². The molecule has 1 rings (SSSR count). The number of amides is 1. The van der Waals surface area contributed by atoms with Gasteiger partial charge in [-0.3, -0.25) is 4.79 Å². The summed E-state index contributed by atoms with van der Waals surface area (Å²) in [5.41, 5.74) is 5.75. The number of rotatable bonds is 4. The minimum Gasteiger partial charge on any atom is -0.384 e. The summed E-state index contributed by atoms with van der Waals surface area (Å²) in [6.45, 7) is 2.11. The Morgan fingerprint density at radius 2 is 2.33 bits per heavy atom. The second-order valence-electron chi connectivity index (χ2n) is 3.31. The van der Waals surface area contributed by atoms with Gasteiger partial charge in [-0.05, 0) is 18.2 Å². The molecule has 0 bridgehead atoms. The maximum Gasteiger partial charge on any atom is 0.222 e. The van der Waals surface area contributed by atoms with Crippen molar-refractivity contribution in [3.05, 3.63) is 29.0 Å². The lowest BCUT2D eigenvalue weighted by Gasteiger charge is -2.10. The number of carbonyl (C=O) groups is 1. The monoisotopic (exact) mass is 230 g/mol. The molecule has 0 aliphatic carbocycles. The first kappa shape index (κ1) is 11.8. The second kappa shape index (κ2) is 4.98. The van der Waals surface area contributed by atoms with Crippen LogP contribution in [0.4, 0.5) is 10.1 Å². The van der Waals surface area contributed by atoms with Crippen LogP contribution in [0.25, 0.3) is 0 Å². The fourth-order valence-corrected chi connectivity index (χ4v) is 1.16. The molecule has 0 fully saturated rings. The summed E-state index contributed by atoms with van der Waals surface area (Å²) in [5, 5.41) is 2.99. The Morgan fingerprint density at radius 1 is 1.67 bits per heavy atom. The van der Waals surface area contributed by atoms with Gasteiger partial charge in [0.25, 0.3) is 0 Å². The van der Waals surface area contributed by atoms with Crippen LogP contribution >= 0.6 is 11.6 Å². The number of primary amides is 1. The van der Waals surface area contributed by atoms with E-state index < -0.39 is 5.82 Å².